The van der Waals surface area contributed by atoms with Gasteiger partial charge in [0.05, 0.1) is 18.1 Å². The van der Waals surface area contributed by atoms with Crippen molar-refractivity contribution in [3.63, 3.8) is 0 Å². The van der Waals surface area contributed by atoms with Crippen LogP contribution < -0.4 is 5.32 Å². The maximum absolute atomic E-state index is 12.0. The molecule has 2 rings (SSSR count). The molecule has 0 radical (unpaired) electrons. The zero-order chi connectivity index (χ0) is 12.5. The van der Waals surface area contributed by atoms with Gasteiger partial charge < -0.3 is 15.2 Å². The van der Waals surface area contributed by atoms with Crippen molar-refractivity contribution in [2.75, 3.05) is 13.2 Å². The maximum Gasteiger partial charge on any atom is 0.225 e. The molecule has 2 heterocycles. The van der Waals surface area contributed by atoms with Crippen molar-refractivity contribution in [2.45, 2.75) is 51.7 Å². The Morgan fingerprint density at radius 1 is 1.47 bits per heavy atom. The van der Waals surface area contributed by atoms with Gasteiger partial charge in [0, 0.05) is 13.2 Å². The summed E-state index contributed by atoms with van der Waals surface area (Å²) in [5.74, 6) is 0.182. The number of hydrogen-bond acceptors (Lipinski definition) is 3. The van der Waals surface area contributed by atoms with Gasteiger partial charge in [0.2, 0.25) is 5.91 Å². The topological polar surface area (TPSA) is 58.6 Å². The summed E-state index contributed by atoms with van der Waals surface area (Å²) >= 11 is 0. The predicted octanol–water partition coefficient (Wildman–Crippen LogP) is 1.08. The molecule has 0 saturated carbocycles. The lowest BCUT2D eigenvalue weighted by Crippen LogP contribution is -2.40. The number of carbonyl (C=O) groups is 1. The number of carbonyl (C=O) groups excluding carboxylic acids is 1. The van der Waals surface area contributed by atoms with Crippen molar-refractivity contribution in [3.8, 4) is 0 Å². The molecule has 2 N–H and O–H groups in total. The molecule has 17 heavy (non-hydrogen) atoms. The normalized spacial score (nSPS) is 31.8. The molecule has 0 aromatic rings. The van der Waals surface area contributed by atoms with Crippen LogP contribution >= 0.6 is 0 Å². The van der Waals surface area contributed by atoms with Crippen molar-refractivity contribution in [1.29, 1.82) is 0 Å². The molecule has 2 aliphatic heterocycles. The first kappa shape index (κ1) is 12.8. The molecule has 3 unspecified atom stereocenters. The van der Waals surface area contributed by atoms with Crippen molar-refractivity contribution < 1.29 is 14.6 Å². The lowest BCUT2D eigenvalue weighted by Gasteiger charge is -2.26. The van der Waals surface area contributed by atoms with E-state index < -0.39 is 0 Å². The number of ether oxygens (including phenoxy) is 1. The Balaban J connectivity index is 1.78. The van der Waals surface area contributed by atoms with E-state index in [0.717, 1.165) is 19.3 Å². The van der Waals surface area contributed by atoms with E-state index in [1.807, 2.05) is 0 Å². The van der Waals surface area contributed by atoms with Crippen molar-refractivity contribution in [1.82, 2.24) is 5.32 Å². The van der Waals surface area contributed by atoms with Crippen molar-refractivity contribution >= 4 is 5.91 Å². The van der Waals surface area contributed by atoms with E-state index in [-0.39, 0.29) is 30.0 Å². The van der Waals surface area contributed by atoms with Gasteiger partial charge in [-0.2, -0.15) is 0 Å². The molecule has 0 aliphatic carbocycles. The molecule has 4 nitrogen and oxygen atoms in total. The highest BCUT2D eigenvalue weighted by Crippen LogP contribution is 2.38. The molecule has 2 fully saturated rings. The van der Waals surface area contributed by atoms with Crippen LogP contribution in [-0.2, 0) is 9.53 Å². The van der Waals surface area contributed by atoms with E-state index in [1.165, 1.54) is 0 Å². The van der Waals surface area contributed by atoms with E-state index >= 15 is 0 Å². The molecule has 2 bridgehead atoms. The Hall–Kier alpha value is -0.610. The number of hydrogen-bond donors (Lipinski definition) is 2. The minimum Gasteiger partial charge on any atom is -0.396 e. The minimum atomic E-state index is -0.0388. The van der Waals surface area contributed by atoms with E-state index in [0.29, 0.717) is 19.1 Å². The number of amides is 1. The molecular formula is C13H23NO3. The fraction of sp³-hybridized carbons (Fsp3) is 0.923. The summed E-state index contributed by atoms with van der Waals surface area (Å²) in [4.78, 5) is 12.0. The SMILES string of the molecule is CC(C)(CCO)CNC(=O)C1CC2CCC1O2. The Morgan fingerprint density at radius 2 is 2.24 bits per heavy atom. The van der Waals surface area contributed by atoms with Crippen LogP contribution in [0.2, 0.25) is 0 Å². The Morgan fingerprint density at radius 3 is 2.76 bits per heavy atom. The van der Waals surface area contributed by atoms with E-state index in [1.54, 1.807) is 0 Å². The van der Waals surface area contributed by atoms with Gasteiger partial charge in [-0.25, -0.2) is 0 Å². The van der Waals surface area contributed by atoms with Crippen LogP contribution in [0, 0.1) is 11.3 Å². The number of aliphatic hydroxyl groups is 1. The van der Waals surface area contributed by atoms with E-state index in [9.17, 15) is 4.79 Å². The first-order chi connectivity index (χ1) is 8.02. The van der Waals surface area contributed by atoms with Gasteiger partial charge in [-0.1, -0.05) is 13.8 Å². The summed E-state index contributed by atoms with van der Waals surface area (Å²) in [5.41, 5.74) is -0.0388. The van der Waals surface area contributed by atoms with Crippen molar-refractivity contribution in [3.05, 3.63) is 0 Å². The molecule has 1 amide bonds. The highest BCUT2D eigenvalue weighted by molar-refractivity contribution is 5.79. The molecule has 2 aliphatic rings. The monoisotopic (exact) mass is 241 g/mol. The van der Waals surface area contributed by atoms with Gasteiger partial charge in [0.1, 0.15) is 0 Å². The molecular weight excluding hydrogens is 218 g/mol. The number of aliphatic hydroxyl groups excluding tert-OH is 1. The smallest absolute Gasteiger partial charge is 0.225 e. The summed E-state index contributed by atoms with van der Waals surface area (Å²) in [6.07, 6.45) is 4.21. The third-order valence-electron chi connectivity index (χ3n) is 3.97. The first-order valence-electron chi connectivity index (χ1n) is 6.56. The maximum atomic E-state index is 12.0. The zero-order valence-electron chi connectivity index (χ0n) is 10.7. The second-order valence-corrected chi connectivity index (χ2v) is 6.07. The van der Waals surface area contributed by atoms with Gasteiger partial charge in [-0.15, -0.1) is 0 Å². The van der Waals surface area contributed by atoms with E-state index in [4.69, 9.17) is 9.84 Å². The summed E-state index contributed by atoms with van der Waals surface area (Å²) in [6.45, 7) is 4.90. The van der Waals surface area contributed by atoms with Gasteiger partial charge in [0.25, 0.3) is 0 Å². The number of fused-ring (bicyclic) bond motifs is 2. The lowest BCUT2D eigenvalue weighted by molar-refractivity contribution is -0.127. The number of nitrogens with one attached hydrogen (secondary N) is 1. The fourth-order valence-corrected chi connectivity index (χ4v) is 2.76. The molecule has 2 saturated heterocycles. The predicted molar refractivity (Wildman–Crippen MR) is 64.5 cm³/mol. The summed E-state index contributed by atoms with van der Waals surface area (Å²) in [5, 5.41) is 11.9. The molecule has 0 spiro atoms. The quantitative estimate of drug-likeness (QED) is 0.757. The zero-order valence-corrected chi connectivity index (χ0v) is 10.7. The third-order valence-corrected chi connectivity index (χ3v) is 3.97. The molecule has 0 aromatic carbocycles. The lowest BCUT2D eigenvalue weighted by atomic mass is 9.87. The Bertz CT molecular complexity index is 290. The van der Waals surface area contributed by atoms with Crippen LogP contribution in [0.4, 0.5) is 0 Å². The van der Waals surface area contributed by atoms with Gasteiger partial charge in [-0.05, 0) is 31.1 Å². The van der Waals surface area contributed by atoms with Crippen LogP contribution in [0.5, 0.6) is 0 Å². The van der Waals surface area contributed by atoms with Crippen LogP contribution in [0.15, 0.2) is 0 Å². The van der Waals surface area contributed by atoms with E-state index in [2.05, 4.69) is 19.2 Å². The van der Waals surface area contributed by atoms with Crippen molar-refractivity contribution in [2.24, 2.45) is 11.3 Å². The van der Waals surface area contributed by atoms with Gasteiger partial charge in [0.15, 0.2) is 0 Å². The summed E-state index contributed by atoms with van der Waals surface area (Å²) < 4.78 is 5.68. The third kappa shape index (κ3) is 2.99. The first-order valence-corrected chi connectivity index (χ1v) is 6.56. The average molecular weight is 241 g/mol. The standard InChI is InChI=1S/C13H23NO3/c1-13(2,5-6-15)8-14-12(16)10-7-9-3-4-11(10)17-9/h9-11,15H,3-8H2,1-2H3,(H,14,16). The Labute approximate surface area is 103 Å². The minimum absolute atomic E-state index is 0.0388. The van der Waals surface area contributed by atoms with Gasteiger partial charge >= 0.3 is 0 Å². The van der Waals surface area contributed by atoms with Crippen LogP contribution in [-0.4, -0.2) is 36.4 Å². The summed E-state index contributed by atoms with van der Waals surface area (Å²) in [6, 6.07) is 0. The highest BCUT2D eigenvalue weighted by Gasteiger charge is 2.44. The summed E-state index contributed by atoms with van der Waals surface area (Å²) in [7, 11) is 0. The van der Waals surface area contributed by atoms with Crippen LogP contribution in [0.25, 0.3) is 0 Å². The molecule has 0 aromatic heterocycles. The van der Waals surface area contributed by atoms with Crippen LogP contribution in [0.3, 0.4) is 0 Å². The highest BCUT2D eigenvalue weighted by atomic mass is 16.5. The Kier molecular flexibility index (Phi) is 3.73. The average Bonchev–Trinajstić information content (AvgIpc) is 2.87. The molecule has 3 atom stereocenters. The second-order valence-electron chi connectivity index (χ2n) is 6.07. The largest absolute Gasteiger partial charge is 0.396 e. The second kappa shape index (κ2) is 4.94. The fourth-order valence-electron chi connectivity index (χ4n) is 2.76. The molecule has 98 valence electrons. The number of rotatable bonds is 5. The van der Waals surface area contributed by atoms with Crippen LogP contribution in [0.1, 0.15) is 39.5 Å². The van der Waals surface area contributed by atoms with Gasteiger partial charge in [-0.3, -0.25) is 4.79 Å². The molecule has 4 heteroatoms.